The third-order valence-corrected chi connectivity index (χ3v) is 1.94. The first-order chi connectivity index (χ1) is 7.51. The van der Waals surface area contributed by atoms with Crippen molar-refractivity contribution in [1.29, 1.82) is 5.26 Å². The number of nitriles is 1. The minimum atomic E-state index is -2.99. The van der Waals surface area contributed by atoms with Gasteiger partial charge in [0.15, 0.2) is 0 Å². The zero-order valence-electron chi connectivity index (χ0n) is 8.00. The van der Waals surface area contributed by atoms with Gasteiger partial charge in [-0.05, 0) is 11.6 Å². The quantitative estimate of drug-likeness (QED) is 0.768. The van der Waals surface area contributed by atoms with Crippen LogP contribution in [0.5, 0.6) is 5.75 Å². The number of methoxy groups -OCH3 is 1. The first kappa shape index (κ1) is 12.3. The highest BCUT2D eigenvalue weighted by molar-refractivity contribution is 6.67. The van der Waals surface area contributed by atoms with Crippen molar-refractivity contribution in [2.45, 2.75) is 6.43 Å². The van der Waals surface area contributed by atoms with Crippen molar-refractivity contribution in [3.8, 4) is 11.8 Å². The molecular formula is C9H5ClF2N2O2. The second-order valence-corrected chi connectivity index (χ2v) is 3.00. The smallest absolute Gasteiger partial charge is 0.281 e. The van der Waals surface area contributed by atoms with Crippen LogP contribution in [-0.4, -0.2) is 17.3 Å². The molecule has 0 radical (unpaired) electrons. The lowest BCUT2D eigenvalue weighted by Gasteiger charge is -2.08. The fourth-order valence-electron chi connectivity index (χ4n) is 1.07. The Morgan fingerprint density at radius 1 is 1.69 bits per heavy atom. The third kappa shape index (κ3) is 2.25. The molecule has 84 valence electrons. The average Bonchev–Trinajstić information content (AvgIpc) is 2.26. The van der Waals surface area contributed by atoms with Gasteiger partial charge >= 0.3 is 0 Å². The van der Waals surface area contributed by atoms with Gasteiger partial charge < -0.3 is 4.74 Å². The van der Waals surface area contributed by atoms with Gasteiger partial charge in [-0.15, -0.1) is 0 Å². The lowest BCUT2D eigenvalue weighted by atomic mass is 10.1. The first-order valence-corrected chi connectivity index (χ1v) is 4.36. The lowest BCUT2D eigenvalue weighted by Crippen LogP contribution is -2.05. The van der Waals surface area contributed by atoms with Crippen LogP contribution < -0.4 is 4.74 Å². The molecule has 1 aromatic heterocycles. The monoisotopic (exact) mass is 246 g/mol. The van der Waals surface area contributed by atoms with Gasteiger partial charge in [-0.1, -0.05) is 0 Å². The Hall–Kier alpha value is -1.74. The number of hydrogen-bond acceptors (Lipinski definition) is 4. The number of rotatable bonds is 3. The van der Waals surface area contributed by atoms with Crippen LogP contribution in [0, 0.1) is 11.3 Å². The molecule has 4 nitrogen and oxygen atoms in total. The zero-order chi connectivity index (χ0) is 12.3. The summed E-state index contributed by atoms with van der Waals surface area (Å²) in [6, 6.07) is 2.58. The van der Waals surface area contributed by atoms with E-state index in [0.717, 1.165) is 6.07 Å². The van der Waals surface area contributed by atoms with Crippen molar-refractivity contribution >= 4 is 16.8 Å². The Morgan fingerprint density at radius 3 is 2.69 bits per heavy atom. The second-order valence-electron chi connectivity index (χ2n) is 2.66. The van der Waals surface area contributed by atoms with E-state index in [1.807, 2.05) is 0 Å². The van der Waals surface area contributed by atoms with Crippen LogP contribution in [-0.2, 0) is 0 Å². The molecule has 0 fully saturated rings. The van der Waals surface area contributed by atoms with E-state index < -0.39 is 22.9 Å². The molecule has 0 N–H and O–H groups in total. The predicted octanol–water partition coefficient (Wildman–Crippen LogP) is 2.28. The summed E-state index contributed by atoms with van der Waals surface area (Å²) >= 11 is 5.12. The lowest BCUT2D eigenvalue weighted by molar-refractivity contribution is 0.107. The summed E-state index contributed by atoms with van der Waals surface area (Å²) in [6.07, 6.45) is -2.99. The summed E-state index contributed by atoms with van der Waals surface area (Å²) in [5.41, 5.74) is -1.60. The maximum absolute atomic E-state index is 12.6. The van der Waals surface area contributed by atoms with Gasteiger partial charge in [0.25, 0.3) is 11.7 Å². The normalized spacial score (nSPS) is 10.0. The van der Waals surface area contributed by atoms with Gasteiger partial charge in [-0.3, -0.25) is 4.79 Å². The van der Waals surface area contributed by atoms with Crippen LogP contribution in [0.3, 0.4) is 0 Å². The molecule has 0 unspecified atom stereocenters. The fraction of sp³-hybridized carbons (Fsp3) is 0.222. The van der Waals surface area contributed by atoms with Crippen molar-refractivity contribution in [2.24, 2.45) is 0 Å². The highest BCUT2D eigenvalue weighted by atomic mass is 35.5. The molecule has 1 heterocycles. The van der Waals surface area contributed by atoms with Crippen LogP contribution in [0.1, 0.15) is 28.2 Å². The second kappa shape index (κ2) is 4.86. The van der Waals surface area contributed by atoms with Crippen molar-refractivity contribution in [3.63, 3.8) is 0 Å². The molecule has 0 aromatic carbocycles. The third-order valence-electron chi connectivity index (χ3n) is 1.75. The van der Waals surface area contributed by atoms with Crippen molar-refractivity contribution in [1.82, 2.24) is 4.98 Å². The molecule has 0 amide bonds. The molecule has 0 spiro atoms. The molecule has 0 aliphatic heterocycles. The minimum Gasteiger partial charge on any atom is -0.495 e. The van der Waals surface area contributed by atoms with E-state index in [9.17, 15) is 13.6 Å². The van der Waals surface area contributed by atoms with E-state index in [-0.39, 0.29) is 11.4 Å². The number of halogens is 3. The number of carbonyl (C=O) groups is 1. The maximum Gasteiger partial charge on any atom is 0.281 e. The molecule has 0 saturated heterocycles. The van der Waals surface area contributed by atoms with Gasteiger partial charge in [0, 0.05) is 6.07 Å². The summed E-state index contributed by atoms with van der Waals surface area (Å²) in [5.74, 6) is -0.156. The van der Waals surface area contributed by atoms with E-state index in [1.54, 1.807) is 6.07 Å². The number of nitrogens with zero attached hydrogens (tertiary/aromatic N) is 2. The Morgan fingerprint density at radius 2 is 2.31 bits per heavy atom. The van der Waals surface area contributed by atoms with Crippen LogP contribution in [0.4, 0.5) is 8.78 Å². The van der Waals surface area contributed by atoms with E-state index >= 15 is 0 Å². The summed E-state index contributed by atoms with van der Waals surface area (Å²) in [6.45, 7) is 0. The molecule has 1 aromatic rings. The highest BCUT2D eigenvalue weighted by Gasteiger charge is 2.22. The Bertz CT molecular complexity index is 471. The van der Waals surface area contributed by atoms with Gasteiger partial charge in [0.05, 0.1) is 7.11 Å². The molecule has 0 atom stereocenters. The predicted molar refractivity (Wildman–Crippen MR) is 50.6 cm³/mol. The summed E-state index contributed by atoms with van der Waals surface area (Å²) in [4.78, 5) is 14.1. The topological polar surface area (TPSA) is 63.0 Å². The Balaban J connectivity index is 3.51. The maximum atomic E-state index is 12.6. The van der Waals surface area contributed by atoms with Crippen LogP contribution in [0.25, 0.3) is 0 Å². The van der Waals surface area contributed by atoms with Gasteiger partial charge in [0.2, 0.25) is 0 Å². The average molecular weight is 247 g/mol. The zero-order valence-corrected chi connectivity index (χ0v) is 8.76. The van der Waals surface area contributed by atoms with Gasteiger partial charge in [0.1, 0.15) is 28.8 Å². The number of hydrogen-bond donors (Lipinski definition) is 0. The van der Waals surface area contributed by atoms with Crippen LogP contribution in [0.15, 0.2) is 6.07 Å². The van der Waals surface area contributed by atoms with Gasteiger partial charge in [-0.25, -0.2) is 13.8 Å². The molecule has 0 bridgehead atoms. The van der Waals surface area contributed by atoms with Crippen molar-refractivity contribution in [2.75, 3.05) is 7.11 Å². The van der Waals surface area contributed by atoms with Crippen LogP contribution >= 0.6 is 11.6 Å². The molecule has 0 aliphatic rings. The molecular weight excluding hydrogens is 242 g/mol. The molecule has 1 rings (SSSR count). The SMILES string of the molecule is COc1cc(C(=O)Cl)nc(C(F)F)c1C#N. The van der Waals surface area contributed by atoms with E-state index in [0.29, 0.717) is 0 Å². The van der Waals surface area contributed by atoms with Gasteiger partial charge in [-0.2, -0.15) is 5.26 Å². The minimum absolute atomic E-state index is 0.156. The Kier molecular flexibility index (Phi) is 3.74. The number of pyridine rings is 1. The number of aromatic nitrogens is 1. The molecule has 7 heteroatoms. The summed E-state index contributed by atoms with van der Waals surface area (Å²) < 4.78 is 29.8. The number of carbonyl (C=O) groups excluding carboxylic acids is 1. The van der Waals surface area contributed by atoms with E-state index in [2.05, 4.69) is 4.98 Å². The van der Waals surface area contributed by atoms with Crippen molar-refractivity contribution in [3.05, 3.63) is 23.0 Å². The molecule has 0 saturated carbocycles. The molecule has 16 heavy (non-hydrogen) atoms. The summed E-state index contributed by atoms with van der Waals surface area (Å²) in [7, 11) is 1.19. The highest BCUT2D eigenvalue weighted by Crippen LogP contribution is 2.28. The van der Waals surface area contributed by atoms with E-state index in [1.165, 1.54) is 7.11 Å². The standard InChI is InChI=1S/C9H5ClF2N2O2/c1-16-6-2-5(8(10)15)14-7(9(11)12)4(6)3-13/h2,9H,1H3. The fourth-order valence-corrected chi connectivity index (χ4v) is 1.17. The molecule has 0 aliphatic carbocycles. The Labute approximate surface area is 94.4 Å². The van der Waals surface area contributed by atoms with Crippen LogP contribution in [0.2, 0.25) is 0 Å². The number of ether oxygens (including phenoxy) is 1. The first-order valence-electron chi connectivity index (χ1n) is 3.98. The van der Waals surface area contributed by atoms with Crippen molar-refractivity contribution < 1.29 is 18.3 Å². The largest absolute Gasteiger partial charge is 0.495 e. The van der Waals surface area contributed by atoms with E-state index in [4.69, 9.17) is 21.6 Å². The number of alkyl halides is 2. The summed E-state index contributed by atoms with van der Waals surface area (Å²) in [5, 5.41) is 7.69.